The minimum absolute atomic E-state index is 0.0454. The maximum atomic E-state index is 11.2. The number of hydrogen-bond acceptors (Lipinski definition) is 2. The zero-order valence-corrected chi connectivity index (χ0v) is 10.1. The second kappa shape index (κ2) is 11.3. The molecular weight excluding hydrogens is 188 g/mol. The number of ether oxygens (including phenoxy) is 1. The maximum absolute atomic E-state index is 11.2. The molecule has 0 aromatic carbocycles. The number of allylic oxidation sites excluding steroid dienone is 1. The summed E-state index contributed by atoms with van der Waals surface area (Å²) in [7, 11) is 0. The predicted octanol–water partition coefficient (Wildman–Crippen LogP) is 3.86. The molecule has 2 heteroatoms. The Morgan fingerprint density at radius 2 is 1.93 bits per heavy atom. The lowest BCUT2D eigenvalue weighted by molar-refractivity contribution is -0.143. The van der Waals surface area contributed by atoms with Gasteiger partial charge in [-0.05, 0) is 19.3 Å². The summed E-state index contributed by atoms with van der Waals surface area (Å²) < 4.78 is 5.08. The van der Waals surface area contributed by atoms with E-state index >= 15 is 0 Å². The highest BCUT2D eigenvalue weighted by molar-refractivity contribution is 5.69. The summed E-state index contributed by atoms with van der Waals surface area (Å²) in [4.78, 5) is 11.2. The molecule has 88 valence electrons. The van der Waals surface area contributed by atoms with Crippen molar-refractivity contribution in [2.75, 3.05) is 6.61 Å². The van der Waals surface area contributed by atoms with Gasteiger partial charge in [0, 0.05) is 6.42 Å². The van der Waals surface area contributed by atoms with E-state index in [2.05, 4.69) is 26.0 Å². The van der Waals surface area contributed by atoms with Crippen LogP contribution in [0, 0.1) is 0 Å². The van der Waals surface area contributed by atoms with Gasteiger partial charge in [0.25, 0.3) is 0 Å². The van der Waals surface area contributed by atoms with Crippen LogP contribution in [0.5, 0.6) is 0 Å². The standard InChI is InChI=1S/C13H24O2/c1-3-5-7-9-11-13(14)15-12-10-8-6-4-2/h6,8H,3-5,7,9-12H2,1-2H3/b8-6-. The summed E-state index contributed by atoms with van der Waals surface area (Å²) in [5, 5.41) is 0. The number of rotatable bonds is 9. The Morgan fingerprint density at radius 3 is 2.60 bits per heavy atom. The van der Waals surface area contributed by atoms with Crippen molar-refractivity contribution in [3.05, 3.63) is 12.2 Å². The Hall–Kier alpha value is -0.790. The summed E-state index contributed by atoms with van der Waals surface area (Å²) >= 11 is 0. The number of hydrogen-bond donors (Lipinski definition) is 0. The first-order valence-corrected chi connectivity index (χ1v) is 6.11. The van der Waals surface area contributed by atoms with E-state index in [0.29, 0.717) is 13.0 Å². The maximum Gasteiger partial charge on any atom is 0.305 e. The SMILES string of the molecule is CC/C=C\CCOC(=O)CCCCCC. The van der Waals surface area contributed by atoms with E-state index < -0.39 is 0 Å². The Morgan fingerprint density at radius 1 is 1.13 bits per heavy atom. The molecule has 0 fully saturated rings. The topological polar surface area (TPSA) is 26.3 Å². The molecular formula is C13H24O2. The molecule has 0 radical (unpaired) electrons. The van der Waals surface area contributed by atoms with Crippen LogP contribution < -0.4 is 0 Å². The molecule has 0 saturated heterocycles. The second-order valence-electron chi connectivity index (χ2n) is 3.70. The van der Waals surface area contributed by atoms with Gasteiger partial charge < -0.3 is 4.74 Å². The van der Waals surface area contributed by atoms with Gasteiger partial charge in [0.2, 0.25) is 0 Å². The number of carbonyl (C=O) groups is 1. The summed E-state index contributed by atoms with van der Waals surface area (Å²) in [6.45, 7) is 4.79. The molecule has 2 nitrogen and oxygen atoms in total. The quantitative estimate of drug-likeness (QED) is 0.329. The van der Waals surface area contributed by atoms with Gasteiger partial charge in [0.1, 0.15) is 0 Å². The highest BCUT2D eigenvalue weighted by atomic mass is 16.5. The third-order valence-corrected chi connectivity index (χ3v) is 2.18. The third-order valence-electron chi connectivity index (χ3n) is 2.18. The molecule has 0 aromatic heterocycles. The van der Waals surface area contributed by atoms with E-state index in [1.54, 1.807) is 0 Å². The summed E-state index contributed by atoms with van der Waals surface area (Å²) in [5.41, 5.74) is 0. The van der Waals surface area contributed by atoms with Crippen molar-refractivity contribution in [2.45, 2.75) is 58.8 Å². The third kappa shape index (κ3) is 11.1. The van der Waals surface area contributed by atoms with Crippen molar-refractivity contribution in [1.82, 2.24) is 0 Å². The smallest absolute Gasteiger partial charge is 0.305 e. The fourth-order valence-electron chi connectivity index (χ4n) is 1.29. The van der Waals surface area contributed by atoms with Crippen molar-refractivity contribution in [3.63, 3.8) is 0 Å². The van der Waals surface area contributed by atoms with E-state index in [4.69, 9.17) is 4.74 Å². The van der Waals surface area contributed by atoms with E-state index in [9.17, 15) is 4.79 Å². The van der Waals surface area contributed by atoms with E-state index in [0.717, 1.165) is 25.7 Å². The Kier molecular flexibility index (Phi) is 10.7. The molecule has 0 heterocycles. The number of esters is 1. The van der Waals surface area contributed by atoms with Crippen molar-refractivity contribution >= 4 is 5.97 Å². The first-order valence-electron chi connectivity index (χ1n) is 6.11. The Bertz CT molecular complexity index is 173. The van der Waals surface area contributed by atoms with Crippen molar-refractivity contribution in [1.29, 1.82) is 0 Å². The highest BCUT2D eigenvalue weighted by Crippen LogP contribution is 2.03. The monoisotopic (exact) mass is 212 g/mol. The number of carbonyl (C=O) groups excluding carboxylic acids is 1. The molecule has 0 saturated carbocycles. The fourth-order valence-corrected chi connectivity index (χ4v) is 1.29. The molecule has 0 aliphatic rings. The van der Waals surface area contributed by atoms with Crippen molar-refractivity contribution in [3.8, 4) is 0 Å². The van der Waals surface area contributed by atoms with Gasteiger partial charge in [-0.2, -0.15) is 0 Å². The lowest BCUT2D eigenvalue weighted by Crippen LogP contribution is -2.04. The zero-order valence-electron chi connectivity index (χ0n) is 10.1. The largest absolute Gasteiger partial charge is 0.465 e. The lowest BCUT2D eigenvalue weighted by Gasteiger charge is -2.02. The van der Waals surface area contributed by atoms with E-state index in [1.165, 1.54) is 12.8 Å². The Labute approximate surface area is 93.7 Å². The minimum Gasteiger partial charge on any atom is -0.465 e. The Balaban J connectivity index is 3.22. The van der Waals surface area contributed by atoms with Crippen LogP contribution in [0.4, 0.5) is 0 Å². The predicted molar refractivity (Wildman–Crippen MR) is 63.8 cm³/mol. The van der Waals surface area contributed by atoms with Crippen molar-refractivity contribution in [2.24, 2.45) is 0 Å². The molecule has 0 aromatic rings. The molecule has 0 N–H and O–H groups in total. The van der Waals surface area contributed by atoms with Gasteiger partial charge in [-0.25, -0.2) is 0 Å². The molecule has 15 heavy (non-hydrogen) atoms. The molecule has 0 bridgehead atoms. The first kappa shape index (κ1) is 14.2. The van der Waals surface area contributed by atoms with Crippen LogP contribution in [-0.4, -0.2) is 12.6 Å². The van der Waals surface area contributed by atoms with Crippen LogP contribution >= 0.6 is 0 Å². The van der Waals surface area contributed by atoms with Gasteiger partial charge in [0.05, 0.1) is 6.61 Å². The van der Waals surface area contributed by atoms with E-state index in [1.807, 2.05) is 0 Å². The summed E-state index contributed by atoms with van der Waals surface area (Å²) in [6, 6.07) is 0. The average molecular weight is 212 g/mol. The van der Waals surface area contributed by atoms with Gasteiger partial charge in [0.15, 0.2) is 0 Å². The van der Waals surface area contributed by atoms with Crippen LogP contribution in [0.1, 0.15) is 58.8 Å². The van der Waals surface area contributed by atoms with Crippen LogP contribution in [0.3, 0.4) is 0 Å². The molecule has 0 rings (SSSR count). The summed E-state index contributed by atoms with van der Waals surface area (Å²) in [6.07, 6.45) is 11.2. The highest BCUT2D eigenvalue weighted by Gasteiger charge is 2.00. The molecule has 0 unspecified atom stereocenters. The van der Waals surface area contributed by atoms with Crippen LogP contribution in [-0.2, 0) is 9.53 Å². The molecule has 0 atom stereocenters. The molecule has 0 aliphatic carbocycles. The van der Waals surface area contributed by atoms with Gasteiger partial charge in [-0.3, -0.25) is 4.79 Å². The fraction of sp³-hybridized carbons (Fsp3) is 0.769. The van der Waals surface area contributed by atoms with Crippen LogP contribution in [0.25, 0.3) is 0 Å². The van der Waals surface area contributed by atoms with Gasteiger partial charge in [-0.1, -0.05) is 45.3 Å². The lowest BCUT2D eigenvalue weighted by atomic mass is 10.2. The second-order valence-corrected chi connectivity index (χ2v) is 3.70. The first-order chi connectivity index (χ1) is 7.31. The zero-order chi connectivity index (χ0) is 11.4. The molecule has 0 spiro atoms. The molecule has 0 aliphatic heterocycles. The average Bonchev–Trinajstić information content (AvgIpc) is 2.24. The van der Waals surface area contributed by atoms with Crippen molar-refractivity contribution < 1.29 is 9.53 Å². The van der Waals surface area contributed by atoms with Gasteiger partial charge in [-0.15, -0.1) is 0 Å². The minimum atomic E-state index is -0.0454. The molecule has 0 amide bonds. The normalized spacial score (nSPS) is 10.8. The van der Waals surface area contributed by atoms with Crippen LogP contribution in [0.15, 0.2) is 12.2 Å². The van der Waals surface area contributed by atoms with Crippen LogP contribution in [0.2, 0.25) is 0 Å². The van der Waals surface area contributed by atoms with Gasteiger partial charge >= 0.3 is 5.97 Å². The van der Waals surface area contributed by atoms with E-state index in [-0.39, 0.29) is 5.97 Å². The number of unbranched alkanes of at least 4 members (excludes halogenated alkanes) is 3. The summed E-state index contributed by atoms with van der Waals surface area (Å²) in [5.74, 6) is -0.0454.